The molecular weight excluding hydrogens is 245 g/mol. The summed E-state index contributed by atoms with van der Waals surface area (Å²) in [6, 6.07) is 4.60. The smallest absolute Gasteiger partial charge is 0.240 e. The van der Waals surface area contributed by atoms with Gasteiger partial charge in [-0.3, -0.25) is 0 Å². The van der Waals surface area contributed by atoms with Gasteiger partial charge in [-0.25, -0.2) is 4.39 Å². The molecular formula is C11H11ClFN3O. The summed E-state index contributed by atoms with van der Waals surface area (Å²) >= 11 is 5.88. The summed E-state index contributed by atoms with van der Waals surface area (Å²) in [4.78, 5) is 4.02. The van der Waals surface area contributed by atoms with Gasteiger partial charge >= 0.3 is 0 Å². The van der Waals surface area contributed by atoms with Crippen LogP contribution in [0.4, 0.5) is 4.39 Å². The highest BCUT2D eigenvalue weighted by atomic mass is 35.5. The second-order valence-electron chi connectivity index (χ2n) is 3.54. The Balaban J connectivity index is 1.94. The van der Waals surface area contributed by atoms with Crippen molar-refractivity contribution < 1.29 is 8.91 Å². The summed E-state index contributed by atoms with van der Waals surface area (Å²) in [5, 5.41) is 7.05. The fraction of sp³-hybridized carbons (Fsp3) is 0.273. The molecule has 90 valence electrons. The van der Waals surface area contributed by atoms with E-state index in [0.717, 1.165) is 0 Å². The van der Waals surface area contributed by atoms with Crippen LogP contribution in [0.5, 0.6) is 0 Å². The first-order valence-electron chi connectivity index (χ1n) is 5.09. The maximum Gasteiger partial charge on any atom is 0.240 e. The van der Waals surface area contributed by atoms with Gasteiger partial charge in [-0.2, -0.15) is 4.98 Å². The SMILES string of the molecule is Cc1noc(CNCc2c(F)cccc2Cl)n1. The maximum absolute atomic E-state index is 13.4. The lowest BCUT2D eigenvalue weighted by Gasteiger charge is -2.05. The summed E-state index contributed by atoms with van der Waals surface area (Å²) in [7, 11) is 0. The second-order valence-corrected chi connectivity index (χ2v) is 3.95. The summed E-state index contributed by atoms with van der Waals surface area (Å²) in [6.45, 7) is 2.43. The van der Waals surface area contributed by atoms with Crippen LogP contribution in [0.3, 0.4) is 0 Å². The topological polar surface area (TPSA) is 51.0 Å². The molecule has 1 heterocycles. The third-order valence-corrected chi connectivity index (χ3v) is 2.56. The zero-order chi connectivity index (χ0) is 12.3. The van der Waals surface area contributed by atoms with Crippen LogP contribution < -0.4 is 5.32 Å². The van der Waals surface area contributed by atoms with Gasteiger partial charge in [0.1, 0.15) is 5.82 Å². The van der Waals surface area contributed by atoms with Crippen LogP contribution in [-0.4, -0.2) is 10.1 Å². The minimum atomic E-state index is -0.327. The van der Waals surface area contributed by atoms with Gasteiger partial charge in [-0.05, 0) is 19.1 Å². The predicted molar refractivity (Wildman–Crippen MR) is 61.0 cm³/mol. The molecule has 0 aliphatic rings. The lowest BCUT2D eigenvalue weighted by atomic mass is 10.2. The van der Waals surface area contributed by atoms with Gasteiger partial charge < -0.3 is 9.84 Å². The zero-order valence-corrected chi connectivity index (χ0v) is 9.96. The molecule has 0 spiro atoms. The number of nitrogens with one attached hydrogen (secondary N) is 1. The quantitative estimate of drug-likeness (QED) is 0.912. The highest BCUT2D eigenvalue weighted by Gasteiger charge is 2.07. The number of nitrogens with zero attached hydrogens (tertiary/aromatic N) is 2. The monoisotopic (exact) mass is 255 g/mol. The molecule has 0 atom stereocenters. The molecule has 2 aromatic rings. The second kappa shape index (κ2) is 5.25. The van der Waals surface area contributed by atoms with Gasteiger partial charge in [0.2, 0.25) is 5.89 Å². The van der Waals surface area contributed by atoms with Crippen LogP contribution in [0, 0.1) is 12.7 Å². The van der Waals surface area contributed by atoms with E-state index in [4.69, 9.17) is 16.1 Å². The number of aromatic nitrogens is 2. The van der Waals surface area contributed by atoms with E-state index in [1.807, 2.05) is 0 Å². The van der Waals surface area contributed by atoms with Crippen molar-refractivity contribution in [3.8, 4) is 0 Å². The first-order chi connectivity index (χ1) is 8.16. The van der Waals surface area contributed by atoms with E-state index in [2.05, 4.69) is 15.5 Å². The Bertz CT molecular complexity index is 495. The summed E-state index contributed by atoms with van der Waals surface area (Å²) < 4.78 is 18.3. The van der Waals surface area contributed by atoms with Crippen molar-refractivity contribution in [1.29, 1.82) is 0 Å². The molecule has 1 aromatic carbocycles. The maximum atomic E-state index is 13.4. The molecule has 0 bridgehead atoms. The fourth-order valence-corrected chi connectivity index (χ4v) is 1.64. The van der Waals surface area contributed by atoms with Crippen molar-refractivity contribution in [2.45, 2.75) is 20.0 Å². The van der Waals surface area contributed by atoms with Crippen molar-refractivity contribution in [1.82, 2.24) is 15.5 Å². The van der Waals surface area contributed by atoms with Gasteiger partial charge in [-0.15, -0.1) is 0 Å². The summed E-state index contributed by atoms with van der Waals surface area (Å²) in [6.07, 6.45) is 0. The minimum absolute atomic E-state index is 0.312. The highest BCUT2D eigenvalue weighted by molar-refractivity contribution is 6.31. The molecule has 1 N–H and O–H groups in total. The van der Waals surface area contributed by atoms with Gasteiger partial charge in [0.05, 0.1) is 6.54 Å². The van der Waals surface area contributed by atoms with Gasteiger partial charge in [0.25, 0.3) is 0 Å². The van der Waals surface area contributed by atoms with Crippen molar-refractivity contribution in [2.24, 2.45) is 0 Å². The normalized spacial score (nSPS) is 10.8. The molecule has 6 heteroatoms. The molecule has 0 unspecified atom stereocenters. The first kappa shape index (κ1) is 12.0. The third kappa shape index (κ3) is 3.01. The van der Waals surface area contributed by atoms with Crippen LogP contribution in [-0.2, 0) is 13.1 Å². The van der Waals surface area contributed by atoms with E-state index in [0.29, 0.717) is 35.4 Å². The van der Waals surface area contributed by atoms with Gasteiger partial charge in [-0.1, -0.05) is 22.8 Å². The average molecular weight is 256 g/mol. The zero-order valence-electron chi connectivity index (χ0n) is 9.20. The Hall–Kier alpha value is -1.46. The number of hydrogen-bond acceptors (Lipinski definition) is 4. The van der Waals surface area contributed by atoms with E-state index >= 15 is 0 Å². The Labute approximate surface area is 103 Å². The number of hydrogen-bond donors (Lipinski definition) is 1. The van der Waals surface area contributed by atoms with Crippen LogP contribution in [0.1, 0.15) is 17.3 Å². The number of benzene rings is 1. The Morgan fingerprint density at radius 1 is 1.41 bits per heavy atom. The molecule has 2 rings (SSSR count). The van der Waals surface area contributed by atoms with Crippen molar-refractivity contribution in [2.75, 3.05) is 0 Å². The molecule has 17 heavy (non-hydrogen) atoms. The third-order valence-electron chi connectivity index (χ3n) is 2.21. The molecule has 4 nitrogen and oxygen atoms in total. The predicted octanol–water partition coefficient (Wildman–Crippen LogP) is 2.46. The molecule has 0 saturated carbocycles. The van der Waals surface area contributed by atoms with Crippen molar-refractivity contribution in [3.63, 3.8) is 0 Å². The molecule has 0 aliphatic carbocycles. The van der Waals surface area contributed by atoms with Crippen LogP contribution in [0.25, 0.3) is 0 Å². The number of halogens is 2. The van der Waals surface area contributed by atoms with E-state index < -0.39 is 0 Å². The lowest BCUT2D eigenvalue weighted by Crippen LogP contribution is -2.14. The van der Waals surface area contributed by atoms with Gasteiger partial charge in [0.15, 0.2) is 5.82 Å². The van der Waals surface area contributed by atoms with Crippen LogP contribution >= 0.6 is 11.6 Å². The fourth-order valence-electron chi connectivity index (χ4n) is 1.41. The average Bonchev–Trinajstić information content (AvgIpc) is 2.69. The Morgan fingerprint density at radius 2 is 2.24 bits per heavy atom. The Kier molecular flexibility index (Phi) is 3.71. The van der Waals surface area contributed by atoms with Crippen molar-refractivity contribution >= 4 is 11.6 Å². The molecule has 0 fully saturated rings. The molecule has 0 saturated heterocycles. The Morgan fingerprint density at radius 3 is 2.88 bits per heavy atom. The van der Waals surface area contributed by atoms with Gasteiger partial charge in [0, 0.05) is 17.1 Å². The molecule has 0 radical (unpaired) electrons. The van der Waals surface area contributed by atoms with E-state index in [1.54, 1.807) is 19.1 Å². The molecule has 1 aromatic heterocycles. The highest BCUT2D eigenvalue weighted by Crippen LogP contribution is 2.18. The van der Waals surface area contributed by atoms with Crippen LogP contribution in [0.15, 0.2) is 22.7 Å². The lowest BCUT2D eigenvalue weighted by molar-refractivity contribution is 0.363. The van der Waals surface area contributed by atoms with Crippen LogP contribution in [0.2, 0.25) is 5.02 Å². The molecule has 0 aliphatic heterocycles. The standard InChI is InChI=1S/C11H11ClFN3O/c1-7-15-11(17-16-7)6-14-5-8-9(12)3-2-4-10(8)13/h2-4,14H,5-6H2,1H3. The van der Waals surface area contributed by atoms with E-state index in [9.17, 15) is 4.39 Å². The summed E-state index contributed by atoms with van der Waals surface area (Å²) in [5.74, 6) is 0.715. The molecule has 0 amide bonds. The number of rotatable bonds is 4. The van der Waals surface area contributed by atoms with E-state index in [-0.39, 0.29) is 5.82 Å². The van der Waals surface area contributed by atoms with Crippen molar-refractivity contribution in [3.05, 3.63) is 46.3 Å². The number of aryl methyl sites for hydroxylation is 1. The minimum Gasteiger partial charge on any atom is -0.338 e. The van der Waals surface area contributed by atoms with E-state index in [1.165, 1.54) is 6.07 Å². The largest absolute Gasteiger partial charge is 0.338 e. The first-order valence-corrected chi connectivity index (χ1v) is 5.47. The summed E-state index contributed by atoms with van der Waals surface area (Å²) in [5.41, 5.74) is 0.436.